The van der Waals surface area contributed by atoms with Gasteiger partial charge in [0.25, 0.3) is 0 Å². The first kappa shape index (κ1) is 10.2. The standard InChI is InChI=1S/C14H16O/c1-2-11-9-13-6-4-3-5-12(13)7-8-14(11)10-15/h2-6,10-11,14H,1,7-9H2/t11-,14+/m1/s1. The SMILES string of the molecule is C=C[C@@H]1Cc2ccccc2CC[C@H]1C=O. The van der Waals surface area contributed by atoms with Crippen molar-refractivity contribution in [2.24, 2.45) is 11.8 Å². The van der Waals surface area contributed by atoms with Gasteiger partial charge in [-0.25, -0.2) is 0 Å². The molecule has 0 radical (unpaired) electrons. The van der Waals surface area contributed by atoms with Crippen LogP contribution >= 0.6 is 0 Å². The van der Waals surface area contributed by atoms with Gasteiger partial charge < -0.3 is 4.79 Å². The summed E-state index contributed by atoms with van der Waals surface area (Å²) in [5, 5.41) is 0. The van der Waals surface area contributed by atoms with Crippen molar-refractivity contribution in [1.29, 1.82) is 0 Å². The molecule has 0 unspecified atom stereocenters. The lowest BCUT2D eigenvalue weighted by Crippen LogP contribution is -2.14. The van der Waals surface area contributed by atoms with Crippen molar-refractivity contribution in [3.8, 4) is 0 Å². The molecule has 2 atom stereocenters. The molecule has 0 heterocycles. The van der Waals surface area contributed by atoms with Crippen LogP contribution in [0.1, 0.15) is 17.5 Å². The largest absolute Gasteiger partial charge is 0.303 e. The molecule has 15 heavy (non-hydrogen) atoms. The Morgan fingerprint density at radius 3 is 2.60 bits per heavy atom. The van der Waals surface area contributed by atoms with Crippen LogP contribution in [0.3, 0.4) is 0 Å². The summed E-state index contributed by atoms with van der Waals surface area (Å²) < 4.78 is 0. The zero-order valence-electron chi connectivity index (χ0n) is 8.86. The van der Waals surface area contributed by atoms with Crippen LogP contribution in [0.4, 0.5) is 0 Å². The smallest absolute Gasteiger partial charge is 0.123 e. The second-order valence-corrected chi connectivity index (χ2v) is 4.21. The highest BCUT2D eigenvalue weighted by Gasteiger charge is 2.23. The maximum Gasteiger partial charge on any atom is 0.123 e. The van der Waals surface area contributed by atoms with Crippen LogP contribution in [0.5, 0.6) is 0 Å². The molecule has 0 spiro atoms. The molecular formula is C14H16O. The summed E-state index contributed by atoms with van der Waals surface area (Å²) in [6, 6.07) is 8.48. The summed E-state index contributed by atoms with van der Waals surface area (Å²) in [5.41, 5.74) is 2.78. The van der Waals surface area contributed by atoms with E-state index in [2.05, 4.69) is 30.8 Å². The number of allylic oxidation sites excluding steroid dienone is 1. The molecule has 1 nitrogen and oxygen atoms in total. The summed E-state index contributed by atoms with van der Waals surface area (Å²) in [6.07, 6.45) is 5.96. The number of carbonyl (C=O) groups is 1. The van der Waals surface area contributed by atoms with E-state index in [-0.39, 0.29) is 5.92 Å². The van der Waals surface area contributed by atoms with Gasteiger partial charge in [-0.2, -0.15) is 0 Å². The Bertz CT molecular complexity index is 367. The minimum atomic E-state index is 0.148. The fourth-order valence-corrected chi connectivity index (χ4v) is 2.37. The van der Waals surface area contributed by atoms with Gasteiger partial charge in [-0.05, 0) is 36.3 Å². The molecule has 0 saturated carbocycles. The van der Waals surface area contributed by atoms with Crippen molar-refractivity contribution in [3.63, 3.8) is 0 Å². The summed E-state index contributed by atoms with van der Waals surface area (Å²) in [4.78, 5) is 11.0. The van der Waals surface area contributed by atoms with Crippen molar-refractivity contribution < 1.29 is 4.79 Å². The first-order valence-electron chi connectivity index (χ1n) is 5.49. The maximum absolute atomic E-state index is 11.0. The quantitative estimate of drug-likeness (QED) is 0.407. The van der Waals surface area contributed by atoms with Crippen LogP contribution in [0.15, 0.2) is 36.9 Å². The summed E-state index contributed by atoms with van der Waals surface area (Å²) in [5.74, 6) is 0.459. The third-order valence-corrected chi connectivity index (χ3v) is 3.35. The maximum atomic E-state index is 11.0. The number of aldehydes is 1. The Morgan fingerprint density at radius 2 is 1.93 bits per heavy atom. The lowest BCUT2D eigenvalue weighted by atomic mass is 9.88. The van der Waals surface area contributed by atoms with E-state index in [0.717, 1.165) is 25.5 Å². The molecular weight excluding hydrogens is 184 g/mol. The van der Waals surface area contributed by atoms with Gasteiger partial charge in [0.05, 0.1) is 0 Å². The van der Waals surface area contributed by atoms with Crippen molar-refractivity contribution in [3.05, 3.63) is 48.0 Å². The van der Waals surface area contributed by atoms with E-state index in [1.165, 1.54) is 11.1 Å². The second kappa shape index (κ2) is 4.43. The van der Waals surface area contributed by atoms with Gasteiger partial charge in [-0.1, -0.05) is 30.3 Å². The minimum absolute atomic E-state index is 0.148. The Kier molecular flexibility index (Phi) is 3.00. The molecule has 0 N–H and O–H groups in total. The highest BCUT2D eigenvalue weighted by Crippen LogP contribution is 2.28. The summed E-state index contributed by atoms with van der Waals surface area (Å²) in [6.45, 7) is 3.84. The predicted molar refractivity (Wildman–Crippen MR) is 61.7 cm³/mol. The fourth-order valence-electron chi connectivity index (χ4n) is 2.37. The van der Waals surface area contributed by atoms with Gasteiger partial charge in [0.2, 0.25) is 0 Å². The molecule has 1 aliphatic carbocycles. The number of benzene rings is 1. The fraction of sp³-hybridized carbons (Fsp3) is 0.357. The summed E-state index contributed by atoms with van der Waals surface area (Å²) >= 11 is 0. The van der Waals surface area contributed by atoms with Crippen LogP contribution in [-0.4, -0.2) is 6.29 Å². The Labute approximate surface area is 90.8 Å². The van der Waals surface area contributed by atoms with Gasteiger partial charge in [-0.15, -0.1) is 6.58 Å². The lowest BCUT2D eigenvalue weighted by molar-refractivity contribution is -0.112. The third kappa shape index (κ3) is 2.01. The number of carbonyl (C=O) groups excluding carboxylic acids is 1. The van der Waals surface area contributed by atoms with E-state index in [9.17, 15) is 4.79 Å². The minimum Gasteiger partial charge on any atom is -0.303 e. The average Bonchev–Trinajstić information content (AvgIpc) is 2.47. The van der Waals surface area contributed by atoms with Crippen molar-refractivity contribution in [2.75, 3.05) is 0 Å². The number of hydrogen-bond donors (Lipinski definition) is 0. The average molecular weight is 200 g/mol. The number of aryl methyl sites for hydroxylation is 1. The summed E-state index contributed by atoms with van der Waals surface area (Å²) in [7, 11) is 0. The van der Waals surface area contributed by atoms with Crippen LogP contribution in [0, 0.1) is 11.8 Å². The molecule has 1 aromatic carbocycles. The van der Waals surface area contributed by atoms with Crippen LogP contribution in [0.25, 0.3) is 0 Å². The van der Waals surface area contributed by atoms with E-state index in [4.69, 9.17) is 0 Å². The molecule has 78 valence electrons. The highest BCUT2D eigenvalue weighted by atomic mass is 16.1. The van der Waals surface area contributed by atoms with E-state index in [0.29, 0.717) is 5.92 Å². The van der Waals surface area contributed by atoms with Crippen molar-refractivity contribution in [2.45, 2.75) is 19.3 Å². The normalized spacial score (nSPS) is 25.1. The Balaban J connectivity index is 2.31. The van der Waals surface area contributed by atoms with E-state index in [1.54, 1.807) is 0 Å². The molecule has 0 aliphatic heterocycles. The van der Waals surface area contributed by atoms with Gasteiger partial charge >= 0.3 is 0 Å². The van der Waals surface area contributed by atoms with E-state index in [1.807, 2.05) is 6.08 Å². The molecule has 0 fully saturated rings. The number of rotatable bonds is 2. The highest BCUT2D eigenvalue weighted by molar-refractivity contribution is 5.55. The van der Waals surface area contributed by atoms with Crippen LogP contribution < -0.4 is 0 Å². The predicted octanol–water partition coefficient (Wildman–Crippen LogP) is 2.79. The number of fused-ring (bicyclic) bond motifs is 1. The molecule has 1 aliphatic rings. The molecule has 1 aromatic rings. The topological polar surface area (TPSA) is 17.1 Å². The van der Waals surface area contributed by atoms with Gasteiger partial charge in [0.15, 0.2) is 0 Å². The second-order valence-electron chi connectivity index (χ2n) is 4.21. The van der Waals surface area contributed by atoms with Crippen LogP contribution in [0.2, 0.25) is 0 Å². The van der Waals surface area contributed by atoms with E-state index < -0.39 is 0 Å². The first-order chi connectivity index (χ1) is 7.35. The molecule has 0 bridgehead atoms. The van der Waals surface area contributed by atoms with E-state index >= 15 is 0 Å². The molecule has 0 saturated heterocycles. The zero-order chi connectivity index (χ0) is 10.7. The number of hydrogen-bond acceptors (Lipinski definition) is 1. The Hall–Kier alpha value is -1.37. The molecule has 1 heteroatoms. The first-order valence-corrected chi connectivity index (χ1v) is 5.49. The molecule has 0 aromatic heterocycles. The van der Waals surface area contributed by atoms with Crippen molar-refractivity contribution in [1.82, 2.24) is 0 Å². The lowest BCUT2D eigenvalue weighted by Gasteiger charge is -2.15. The van der Waals surface area contributed by atoms with Gasteiger partial charge in [-0.3, -0.25) is 0 Å². The van der Waals surface area contributed by atoms with Crippen LogP contribution in [-0.2, 0) is 17.6 Å². The van der Waals surface area contributed by atoms with Gasteiger partial charge in [0.1, 0.15) is 6.29 Å². The molecule has 0 amide bonds. The Morgan fingerprint density at radius 1 is 1.20 bits per heavy atom. The monoisotopic (exact) mass is 200 g/mol. The zero-order valence-corrected chi connectivity index (χ0v) is 8.86. The van der Waals surface area contributed by atoms with Gasteiger partial charge in [0, 0.05) is 5.92 Å². The third-order valence-electron chi connectivity index (χ3n) is 3.35. The van der Waals surface area contributed by atoms with Crippen molar-refractivity contribution >= 4 is 6.29 Å². The molecule has 2 rings (SSSR count).